The van der Waals surface area contributed by atoms with Gasteiger partial charge in [0, 0.05) is 18.7 Å². The van der Waals surface area contributed by atoms with E-state index in [1.165, 1.54) is 6.42 Å². The van der Waals surface area contributed by atoms with E-state index in [0.29, 0.717) is 23.9 Å². The average Bonchev–Trinajstić information content (AvgIpc) is 2.39. The summed E-state index contributed by atoms with van der Waals surface area (Å²) in [6.45, 7) is 14.2. The van der Waals surface area contributed by atoms with Gasteiger partial charge < -0.3 is 15.8 Å². The lowest BCUT2D eigenvalue weighted by Crippen LogP contribution is -2.58. The van der Waals surface area contributed by atoms with Crippen LogP contribution in [0, 0.1) is 17.8 Å². The molecule has 0 bridgehead atoms. The second-order valence-electron chi connectivity index (χ2n) is 7.25. The van der Waals surface area contributed by atoms with Crippen LogP contribution in [0.5, 0.6) is 0 Å². The van der Waals surface area contributed by atoms with E-state index in [9.17, 15) is 0 Å². The predicted octanol–water partition coefficient (Wildman–Crippen LogP) is 3.18. The molecule has 120 valence electrons. The average molecular weight is 284 g/mol. The summed E-state index contributed by atoms with van der Waals surface area (Å²) < 4.78 is 5.88. The fraction of sp³-hybridized carbons (Fsp3) is 1.00. The van der Waals surface area contributed by atoms with Crippen molar-refractivity contribution in [3.05, 3.63) is 0 Å². The summed E-state index contributed by atoms with van der Waals surface area (Å²) in [5, 5.41) is 3.83. The van der Waals surface area contributed by atoms with E-state index in [4.69, 9.17) is 10.5 Å². The third-order valence-corrected chi connectivity index (χ3v) is 4.98. The molecule has 0 amide bonds. The number of hydrogen-bond donors (Lipinski definition) is 2. The quantitative estimate of drug-likeness (QED) is 0.719. The Hall–Kier alpha value is -0.120. The van der Waals surface area contributed by atoms with Gasteiger partial charge in [0.15, 0.2) is 0 Å². The fourth-order valence-electron chi connectivity index (χ4n) is 3.52. The number of hydrogen-bond acceptors (Lipinski definition) is 3. The minimum atomic E-state index is 0.0973. The standard InChI is InChI=1S/C17H36N2O/c1-6-7-15-10-17(12-18,8-9-20-15)19-11-16(13(2)3)14(4)5/h13-16,19H,6-12,18H2,1-5H3. The molecule has 0 spiro atoms. The van der Waals surface area contributed by atoms with Gasteiger partial charge in [-0.25, -0.2) is 0 Å². The van der Waals surface area contributed by atoms with Gasteiger partial charge in [0.05, 0.1) is 6.10 Å². The molecule has 1 heterocycles. The van der Waals surface area contributed by atoms with Crippen molar-refractivity contribution in [2.24, 2.45) is 23.5 Å². The van der Waals surface area contributed by atoms with Crippen LogP contribution in [-0.2, 0) is 4.74 Å². The van der Waals surface area contributed by atoms with Gasteiger partial charge in [0.2, 0.25) is 0 Å². The summed E-state index contributed by atoms with van der Waals surface area (Å²) in [6, 6.07) is 0. The van der Waals surface area contributed by atoms with E-state index in [-0.39, 0.29) is 5.54 Å². The van der Waals surface area contributed by atoms with E-state index < -0.39 is 0 Å². The lowest BCUT2D eigenvalue weighted by molar-refractivity contribution is -0.0323. The molecule has 1 saturated heterocycles. The third-order valence-electron chi connectivity index (χ3n) is 4.98. The second-order valence-corrected chi connectivity index (χ2v) is 7.25. The highest BCUT2D eigenvalue weighted by Gasteiger charge is 2.36. The molecule has 0 radical (unpaired) electrons. The minimum Gasteiger partial charge on any atom is -0.378 e. The van der Waals surface area contributed by atoms with Crippen LogP contribution in [0.4, 0.5) is 0 Å². The molecule has 0 aromatic carbocycles. The molecule has 1 rings (SSSR count). The highest BCUT2D eigenvalue weighted by Crippen LogP contribution is 2.28. The summed E-state index contributed by atoms with van der Waals surface area (Å²) in [6.07, 6.45) is 4.85. The van der Waals surface area contributed by atoms with Gasteiger partial charge in [-0.05, 0) is 43.6 Å². The molecule has 0 aromatic heterocycles. The highest BCUT2D eigenvalue weighted by atomic mass is 16.5. The van der Waals surface area contributed by atoms with Crippen molar-refractivity contribution >= 4 is 0 Å². The van der Waals surface area contributed by atoms with Crippen LogP contribution in [-0.4, -0.2) is 31.3 Å². The zero-order chi connectivity index (χ0) is 15.2. The number of ether oxygens (including phenoxy) is 1. The number of rotatable bonds is 8. The number of nitrogens with one attached hydrogen (secondary N) is 1. The van der Waals surface area contributed by atoms with Gasteiger partial charge in [-0.15, -0.1) is 0 Å². The Morgan fingerprint density at radius 3 is 2.40 bits per heavy atom. The smallest absolute Gasteiger partial charge is 0.0593 e. The molecule has 2 atom stereocenters. The summed E-state index contributed by atoms with van der Waals surface area (Å²) >= 11 is 0. The molecule has 1 aliphatic heterocycles. The van der Waals surface area contributed by atoms with Gasteiger partial charge in [0.1, 0.15) is 0 Å². The monoisotopic (exact) mass is 284 g/mol. The first-order valence-electron chi connectivity index (χ1n) is 8.50. The zero-order valence-electron chi connectivity index (χ0n) is 14.2. The Kier molecular flexibility index (Phi) is 7.49. The Morgan fingerprint density at radius 2 is 1.90 bits per heavy atom. The second kappa shape index (κ2) is 8.35. The van der Waals surface area contributed by atoms with E-state index in [1.807, 2.05) is 0 Å². The first-order valence-corrected chi connectivity index (χ1v) is 8.50. The molecule has 1 fully saturated rings. The van der Waals surface area contributed by atoms with Crippen LogP contribution in [0.1, 0.15) is 60.3 Å². The Bertz CT molecular complexity index is 258. The summed E-state index contributed by atoms with van der Waals surface area (Å²) in [5.41, 5.74) is 6.21. The molecular weight excluding hydrogens is 248 g/mol. The predicted molar refractivity (Wildman–Crippen MR) is 86.8 cm³/mol. The highest BCUT2D eigenvalue weighted by molar-refractivity contribution is 4.95. The van der Waals surface area contributed by atoms with E-state index in [2.05, 4.69) is 39.9 Å². The molecule has 0 aliphatic carbocycles. The Morgan fingerprint density at radius 1 is 1.25 bits per heavy atom. The van der Waals surface area contributed by atoms with Crippen molar-refractivity contribution in [1.29, 1.82) is 0 Å². The molecular formula is C17H36N2O. The molecule has 0 saturated carbocycles. The van der Waals surface area contributed by atoms with Crippen molar-refractivity contribution < 1.29 is 4.74 Å². The largest absolute Gasteiger partial charge is 0.378 e. The van der Waals surface area contributed by atoms with E-state index in [0.717, 1.165) is 39.0 Å². The lowest BCUT2D eigenvalue weighted by atomic mass is 9.82. The summed E-state index contributed by atoms with van der Waals surface area (Å²) in [4.78, 5) is 0. The van der Waals surface area contributed by atoms with Crippen LogP contribution in [0.3, 0.4) is 0 Å². The SMILES string of the molecule is CCCC1CC(CN)(NCC(C(C)C)C(C)C)CCO1. The van der Waals surface area contributed by atoms with Gasteiger partial charge in [-0.2, -0.15) is 0 Å². The number of nitrogens with two attached hydrogens (primary N) is 1. The molecule has 1 aliphatic rings. The maximum Gasteiger partial charge on any atom is 0.0593 e. The molecule has 3 N–H and O–H groups in total. The van der Waals surface area contributed by atoms with E-state index >= 15 is 0 Å². The maximum absolute atomic E-state index is 6.12. The van der Waals surface area contributed by atoms with Crippen LogP contribution >= 0.6 is 0 Å². The molecule has 0 aromatic rings. The van der Waals surface area contributed by atoms with Crippen molar-refractivity contribution in [3.8, 4) is 0 Å². The topological polar surface area (TPSA) is 47.3 Å². The first-order chi connectivity index (χ1) is 9.44. The lowest BCUT2D eigenvalue weighted by Gasteiger charge is -2.42. The Balaban J connectivity index is 2.60. The van der Waals surface area contributed by atoms with Crippen molar-refractivity contribution in [3.63, 3.8) is 0 Å². The van der Waals surface area contributed by atoms with Gasteiger partial charge in [-0.1, -0.05) is 41.0 Å². The Labute approximate surface area is 126 Å². The fourth-order valence-corrected chi connectivity index (χ4v) is 3.52. The molecule has 20 heavy (non-hydrogen) atoms. The van der Waals surface area contributed by atoms with Crippen LogP contribution in [0.15, 0.2) is 0 Å². The van der Waals surface area contributed by atoms with Crippen molar-refractivity contribution in [1.82, 2.24) is 5.32 Å². The molecule has 3 nitrogen and oxygen atoms in total. The van der Waals surface area contributed by atoms with Crippen molar-refractivity contribution in [2.45, 2.75) is 71.9 Å². The van der Waals surface area contributed by atoms with Crippen LogP contribution < -0.4 is 11.1 Å². The normalized spacial score (nSPS) is 27.8. The summed E-state index contributed by atoms with van der Waals surface area (Å²) in [5.74, 6) is 2.14. The van der Waals surface area contributed by atoms with E-state index in [1.54, 1.807) is 0 Å². The van der Waals surface area contributed by atoms with Crippen LogP contribution in [0.2, 0.25) is 0 Å². The summed E-state index contributed by atoms with van der Waals surface area (Å²) in [7, 11) is 0. The van der Waals surface area contributed by atoms with Gasteiger partial charge in [-0.3, -0.25) is 0 Å². The zero-order valence-corrected chi connectivity index (χ0v) is 14.2. The van der Waals surface area contributed by atoms with Gasteiger partial charge >= 0.3 is 0 Å². The van der Waals surface area contributed by atoms with Crippen LogP contribution in [0.25, 0.3) is 0 Å². The first kappa shape index (κ1) is 17.9. The third kappa shape index (κ3) is 5.01. The van der Waals surface area contributed by atoms with Crippen molar-refractivity contribution in [2.75, 3.05) is 19.7 Å². The molecule has 2 unspecified atom stereocenters. The van der Waals surface area contributed by atoms with Gasteiger partial charge in [0.25, 0.3) is 0 Å². The minimum absolute atomic E-state index is 0.0973. The maximum atomic E-state index is 6.12. The molecule has 3 heteroatoms.